The predicted octanol–water partition coefficient (Wildman–Crippen LogP) is 2.74. The number of allylic oxidation sites excluding steroid dienone is 2. The first-order valence-electron chi connectivity index (χ1n) is 8.47. The molecule has 1 aliphatic heterocycles. The SMILES string of the molecule is O=C1NCCc2[nH]c(-c3ccnc(NNC4=CCCCC4)c3)cc21. The number of fused-ring (bicyclic) bond motifs is 1. The van der Waals surface area contributed by atoms with Crippen molar-refractivity contribution in [3.63, 3.8) is 0 Å². The molecule has 0 bridgehead atoms. The number of nitrogens with zero attached hydrogens (tertiary/aromatic N) is 1. The number of hydrazine groups is 1. The molecule has 2 aliphatic rings. The summed E-state index contributed by atoms with van der Waals surface area (Å²) in [7, 11) is 0. The average molecular weight is 323 g/mol. The lowest BCUT2D eigenvalue weighted by molar-refractivity contribution is 0.0946. The molecule has 2 aromatic heterocycles. The van der Waals surface area contributed by atoms with Crippen LogP contribution in [0.3, 0.4) is 0 Å². The molecule has 0 fully saturated rings. The Kier molecular flexibility index (Phi) is 3.94. The first-order chi connectivity index (χ1) is 11.8. The minimum atomic E-state index is -0.00273. The number of aromatic nitrogens is 2. The van der Waals surface area contributed by atoms with Gasteiger partial charge >= 0.3 is 0 Å². The maximum absolute atomic E-state index is 11.9. The van der Waals surface area contributed by atoms with Crippen molar-refractivity contribution in [2.75, 3.05) is 12.0 Å². The molecule has 0 saturated carbocycles. The van der Waals surface area contributed by atoms with Crippen LogP contribution >= 0.6 is 0 Å². The van der Waals surface area contributed by atoms with Gasteiger partial charge in [-0.15, -0.1) is 0 Å². The number of nitrogens with one attached hydrogen (secondary N) is 4. The van der Waals surface area contributed by atoms with E-state index in [-0.39, 0.29) is 5.91 Å². The van der Waals surface area contributed by atoms with Crippen molar-refractivity contribution in [3.05, 3.63) is 47.4 Å². The molecule has 0 radical (unpaired) electrons. The summed E-state index contributed by atoms with van der Waals surface area (Å²) in [6.07, 6.45) is 9.55. The van der Waals surface area contributed by atoms with Gasteiger partial charge in [0, 0.05) is 41.8 Å². The van der Waals surface area contributed by atoms with Crippen LogP contribution in [0.4, 0.5) is 5.82 Å². The number of carbonyl (C=O) groups excluding carboxylic acids is 1. The third-order valence-electron chi connectivity index (χ3n) is 4.52. The number of H-pyrrole nitrogens is 1. The van der Waals surface area contributed by atoms with Crippen molar-refractivity contribution < 1.29 is 4.79 Å². The van der Waals surface area contributed by atoms with Crippen molar-refractivity contribution in [3.8, 4) is 11.3 Å². The van der Waals surface area contributed by atoms with Crippen LogP contribution in [0.5, 0.6) is 0 Å². The largest absolute Gasteiger partial charge is 0.358 e. The third-order valence-corrected chi connectivity index (χ3v) is 4.52. The standard InChI is InChI=1S/C18H21N5O/c24-18-14-11-16(21-15(14)7-9-20-18)12-6-8-19-17(10-12)23-22-13-4-2-1-3-5-13/h4,6,8,10-11,21-22H,1-3,5,7,9H2,(H,19,23)(H,20,24). The molecule has 0 saturated heterocycles. The Balaban J connectivity index is 1.52. The number of aromatic amines is 1. The predicted molar refractivity (Wildman–Crippen MR) is 93.4 cm³/mol. The van der Waals surface area contributed by atoms with Crippen molar-refractivity contribution >= 4 is 11.7 Å². The van der Waals surface area contributed by atoms with Gasteiger partial charge in [0.2, 0.25) is 0 Å². The van der Waals surface area contributed by atoms with E-state index in [1.807, 2.05) is 18.2 Å². The number of amides is 1. The first-order valence-corrected chi connectivity index (χ1v) is 8.47. The van der Waals surface area contributed by atoms with Crippen LogP contribution in [-0.4, -0.2) is 22.4 Å². The van der Waals surface area contributed by atoms with E-state index in [1.165, 1.54) is 18.5 Å². The summed E-state index contributed by atoms with van der Waals surface area (Å²) in [6.45, 7) is 0.688. The second kappa shape index (κ2) is 6.39. The normalized spacial score (nSPS) is 16.8. The minimum Gasteiger partial charge on any atom is -0.358 e. The minimum absolute atomic E-state index is 0.00273. The summed E-state index contributed by atoms with van der Waals surface area (Å²) in [4.78, 5) is 19.6. The molecular formula is C18H21N5O. The van der Waals surface area contributed by atoms with Gasteiger partial charge in [0.25, 0.3) is 5.91 Å². The van der Waals surface area contributed by atoms with Crippen molar-refractivity contribution in [2.24, 2.45) is 0 Å². The molecule has 4 N–H and O–H groups in total. The lowest BCUT2D eigenvalue weighted by atomic mass is 10.1. The van der Waals surface area contributed by atoms with Crippen LogP contribution < -0.4 is 16.2 Å². The van der Waals surface area contributed by atoms with E-state index in [1.54, 1.807) is 6.20 Å². The summed E-state index contributed by atoms with van der Waals surface area (Å²) in [6, 6.07) is 5.84. The second-order valence-corrected chi connectivity index (χ2v) is 6.24. The molecule has 3 heterocycles. The monoisotopic (exact) mass is 323 g/mol. The second-order valence-electron chi connectivity index (χ2n) is 6.24. The van der Waals surface area contributed by atoms with Crippen LogP contribution in [0.1, 0.15) is 41.7 Å². The highest BCUT2D eigenvalue weighted by Crippen LogP contribution is 2.25. The molecule has 6 nitrogen and oxygen atoms in total. The number of pyridine rings is 1. The number of hydrogen-bond acceptors (Lipinski definition) is 4. The Labute approximate surface area is 140 Å². The Bertz CT molecular complexity index is 792. The van der Waals surface area contributed by atoms with Crippen LogP contribution in [0, 0.1) is 0 Å². The molecular weight excluding hydrogens is 302 g/mol. The molecule has 2 aromatic rings. The van der Waals surface area contributed by atoms with Gasteiger partial charge in [-0.3, -0.25) is 10.2 Å². The Morgan fingerprint density at radius 1 is 1.12 bits per heavy atom. The summed E-state index contributed by atoms with van der Waals surface area (Å²) < 4.78 is 0. The fraction of sp³-hybridized carbons (Fsp3) is 0.333. The van der Waals surface area contributed by atoms with Crippen LogP contribution in [0.25, 0.3) is 11.3 Å². The van der Waals surface area contributed by atoms with E-state index in [4.69, 9.17) is 0 Å². The number of hydrogen-bond donors (Lipinski definition) is 4. The van der Waals surface area contributed by atoms with E-state index in [2.05, 4.69) is 32.2 Å². The van der Waals surface area contributed by atoms with Crippen LogP contribution in [0.15, 0.2) is 36.2 Å². The van der Waals surface area contributed by atoms with Crippen LogP contribution in [-0.2, 0) is 6.42 Å². The van der Waals surface area contributed by atoms with E-state index in [9.17, 15) is 4.79 Å². The first kappa shape index (κ1) is 14.8. The number of carbonyl (C=O) groups is 1. The smallest absolute Gasteiger partial charge is 0.253 e. The number of anilines is 1. The fourth-order valence-corrected chi connectivity index (χ4v) is 3.21. The molecule has 0 atom stereocenters. The molecule has 0 spiro atoms. The fourth-order valence-electron chi connectivity index (χ4n) is 3.21. The summed E-state index contributed by atoms with van der Waals surface area (Å²) in [5.74, 6) is 0.757. The van der Waals surface area contributed by atoms with Crippen molar-refractivity contribution in [1.29, 1.82) is 0 Å². The molecule has 0 unspecified atom stereocenters. The van der Waals surface area contributed by atoms with Crippen molar-refractivity contribution in [1.82, 2.24) is 20.7 Å². The third kappa shape index (κ3) is 2.99. The maximum Gasteiger partial charge on any atom is 0.253 e. The van der Waals surface area contributed by atoms with Gasteiger partial charge in [0.15, 0.2) is 0 Å². The van der Waals surface area contributed by atoms with Gasteiger partial charge in [-0.1, -0.05) is 6.08 Å². The van der Waals surface area contributed by atoms with Gasteiger partial charge < -0.3 is 15.7 Å². The van der Waals surface area contributed by atoms with Gasteiger partial charge in [-0.05, 0) is 43.9 Å². The number of rotatable bonds is 4. The molecule has 6 heteroatoms. The van der Waals surface area contributed by atoms with E-state index in [0.29, 0.717) is 6.54 Å². The molecule has 0 aromatic carbocycles. The zero-order valence-electron chi connectivity index (χ0n) is 13.5. The summed E-state index contributed by atoms with van der Waals surface area (Å²) in [5.41, 5.74) is 11.3. The van der Waals surface area contributed by atoms with E-state index >= 15 is 0 Å². The highest BCUT2D eigenvalue weighted by atomic mass is 16.1. The molecule has 24 heavy (non-hydrogen) atoms. The summed E-state index contributed by atoms with van der Waals surface area (Å²) >= 11 is 0. The van der Waals surface area contributed by atoms with E-state index in [0.717, 1.165) is 47.6 Å². The zero-order chi connectivity index (χ0) is 16.4. The maximum atomic E-state index is 11.9. The molecule has 1 aliphatic carbocycles. The van der Waals surface area contributed by atoms with Crippen LogP contribution in [0.2, 0.25) is 0 Å². The molecule has 4 rings (SSSR count). The topological polar surface area (TPSA) is 81.8 Å². The Morgan fingerprint density at radius 2 is 2.08 bits per heavy atom. The van der Waals surface area contributed by atoms with Gasteiger partial charge in [-0.2, -0.15) is 0 Å². The quantitative estimate of drug-likeness (QED) is 0.652. The van der Waals surface area contributed by atoms with Gasteiger partial charge in [0.05, 0.1) is 5.56 Å². The summed E-state index contributed by atoms with van der Waals surface area (Å²) in [5, 5.41) is 2.87. The highest BCUT2D eigenvalue weighted by molar-refractivity contribution is 5.97. The average Bonchev–Trinajstić information content (AvgIpc) is 3.07. The highest BCUT2D eigenvalue weighted by Gasteiger charge is 2.20. The van der Waals surface area contributed by atoms with Crippen molar-refractivity contribution in [2.45, 2.75) is 32.1 Å². The van der Waals surface area contributed by atoms with E-state index < -0.39 is 0 Å². The lowest BCUT2D eigenvalue weighted by Gasteiger charge is -2.16. The molecule has 124 valence electrons. The van der Waals surface area contributed by atoms with Gasteiger partial charge in [0.1, 0.15) is 5.82 Å². The lowest BCUT2D eigenvalue weighted by Crippen LogP contribution is -2.31. The Morgan fingerprint density at radius 3 is 2.92 bits per heavy atom. The Hall–Kier alpha value is -2.76. The molecule has 1 amide bonds. The van der Waals surface area contributed by atoms with Gasteiger partial charge in [-0.25, -0.2) is 4.98 Å². The zero-order valence-corrected chi connectivity index (χ0v) is 13.5.